The molecule has 1 N–H and O–H groups in total. The van der Waals surface area contributed by atoms with Gasteiger partial charge in [-0.2, -0.15) is 0 Å². The zero-order chi connectivity index (χ0) is 13.0. The maximum atomic E-state index is 5.26. The van der Waals surface area contributed by atoms with E-state index in [1.807, 2.05) is 26.0 Å². The summed E-state index contributed by atoms with van der Waals surface area (Å²) in [6.07, 6.45) is 3.40. The van der Waals surface area contributed by atoms with Crippen LogP contribution >= 0.6 is 0 Å². The zero-order valence-corrected chi connectivity index (χ0v) is 10.9. The quantitative estimate of drug-likeness (QED) is 0.897. The highest BCUT2D eigenvalue weighted by atomic mass is 16.5. The Morgan fingerprint density at radius 1 is 1.22 bits per heavy atom. The van der Waals surface area contributed by atoms with E-state index in [0.717, 1.165) is 34.9 Å². The van der Waals surface area contributed by atoms with E-state index in [9.17, 15) is 0 Å². The first-order valence-electron chi connectivity index (χ1n) is 5.96. The van der Waals surface area contributed by atoms with Crippen LogP contribution in [0.1, 0.15) is 12.5 Å². The molecule has 4 nitrogen and oxygen atoms in total. The number of methoxy groups -OCH3 is 1. The lowest BCUT2D eigenvalue weighted by atomic mass is 10.1. The van der Waals surface area contributed by atoms with Crippen LogP contribution in [0, 0.1) is 6.92 Å². The zero-order valence-electron chi connectivity index (χ0n) is 10.9. The monoisotopic (exact) mass is 243 g/mol. The third-order valence-corrected chi connectivity index (χ3v) is 2.71. The van der Waals surface area contributed by atoms with Gasteiger partial charge in [0.2, 0.25) is 0 Å². The van der Waals surface area contributed by atoms with E-state index >= 15 is 0 Å². The fourth-order valence-electron chi connectivity index (χ4n) is 1.87. The Kier molecular flexibility index (Phi) is 3.77. The minimum absolute atomic E-state index is 0.810. The van der Waals surface area contributed by atoms with E-state index in [-0.39, 0.29) is 0 Å². The predicted octanol–water partition coefficient (Wildman–Crippen LogP) is 2.89. The number of nitrogens with zero attached hydrogens (tertiary/aromatic N) is 2. The van der Waals surface area contributed by atoms with Crippen molar-refractivity contribution in [3.63, 3.8) is 0 Å². The Hall–Kier alpha value is -2.10. The van der Waals surface area contributed by atoms with Crippen molar-refractivity contribution in [2.75, 3.05) is 19.0 Å². The Bertz CT molecular complexity index is 540. The summed E-state index contributed by atoms with van der Waals surface area (Å²) in [4.78, 5) is 8.71. The standard InChI is InChI=1S/C14H17N3O/c1-4-15-14-13(16-7-8-17-14)11-5-6-12(18-3)10(2)9-11/h5-9H,4H2,1-3H3,(H,15,17). The molecule has 2 aromatic rings. The second-order valence-electron chi connectivity index (χ2n) is 3.97. The minimum Gasteiger partial charge on any atom is -0.496 e. The van der Waals surface area contributed by atoms with Crippen LogP contribution in [0.2, 0.25) is 0 Å². The molecule has 0 saturated carbocycles. The lowest BCUT2D eigenvalue weighted by Gasteiger charge is -2.10. The van der Waals surface area contributed by atoms with Gasteiger partial charge < -0.3 is 10.1 Å². The predicted molar refractivity (Wildman–Crippen MR) is 72.9 cm³/mol. The maximum Gasteiger partial charge on any atom is 0.152 e. The fraction of sp³-hybridized carbons (Fsp3) is 0.286. The van der Waals surface area contributed by atoms with Gasteiger partial charge in [-0.15, -0.1) is 0 Å². The van der Waals surface area contributed by atoms with Crippen LogP contribution in [0.15, 0.2) is 30.6 Å². The summed E-state index contributed by atoms with van der Waals surface area (Å²) in [5.41, 5.74) is 2.99. The summed E-state index contributed by atoms with van der Waals surface area (Å²) < 4.78 is 5.26. The number of nitrogens with one attached hydrogen (secondary N) is 1. The van der Waals surface area contributed by atoms with E-state index in [0.29, 0.717) is 0 Å². The van der Waals surface area contributed by atoms with Crippen molar-refractivity contribution in [2.24, 2.45) is 0 Å². The van der Waals surface area contributed by atoms with Gasteiger partial charge in [-0.3, -0.25) is 4.98 Å². The molecular formula is C14H17N3O. The summed E-state index contributed by atoms with van der Waals surface area (Å²) >= 11 is 0. The number of hydrogen-bond acceptors (Lipinski definition) is 4. The van der Waals surface area contributed by atoms with Gasteiger partial charge in [0.15, 0.2) is 5.82 Å². The number of hydrogen-bond donors (Lipinski definition) is 1. The van der Waals surface area contributed by atoms with Crippen molar-refractivity contribution in [3.05, 3.63) is 36.2 Å². The first-order valence-corrected chi connectivity index (χ1v) is 5.96. The molecule has 0 spiro atoms. The Morgan fingerprint density at radius 3 is 2.67 bits per heavy atom. The molecule has 94 valence electrons. The largest absolute Gasteiger partial charge is 0.496 e. The van der Waals surface area contributed by atoms with Gasteiger partial charge in [0, 0.05) is 24.5 Å². The molecule has 0 amide bonds. The van der Waals surface area contributed by atoms with Gasteiger partial charge in [-0.1, -0.05) is 0 Å². The van der Waals surface area contributed by atoms with Crippen LogP contribution in [0.3, 0.4) is 0 Å². The Morgan fingerprint density at radius 2 is 2.00 bits per heavy atom. The van der Waals surface area contributed by atoms with Gasteiger partial charge in [-0.25, -0.2) is 4.98 Å². The number of rotatable bonds is 4. The van der Waals surface area contributed by atoms with Crippen LogP contribution in [-0.4, -0.2) is 23.6 Å². The molecule has 0 atom stereocenters. The molecule has 0 aliphatic rings. The van der Waals surface area contributed by atoms with Gasteiger partial charge in [0.1, 0.15) is 11.4 Å². The topological polar surface area (TPSA) is 47.0 Å². The normalized spacial score (nSPS) is 10.2. The van der Waals surface area contributed by atoms with Crippen LogP contribution in [0.25, 0.3) is 11.3 Å². The first kappa shape index (κ1) is 12.4. The molecule has 0 aliphatic carbocycles. The molecule has 18 heavy (non-hydrogen) atoms. The highest BCUT2D eigenvalue weighted by molar-refractivity contribution is 5.72. The maximum absolute atomic E-state index is 5.26. The van der Waals surface area contributed by atoms with E-state index in [1.165, 1.54) is 0 Å². The molecule has 1 aromatic carbocycles. The molecule has 4 heteroatoms. The molecule has 0 bridgehead atoms. The van der Waals surface area contributed by atoms with Gasteiger partial charge in [-0.05, 0) is 37.6 Å². The van der Waals surface area contributed by atoms with E-state index < -0.39 is 0 Å². The number of anilines is 1. The SMILES string of the molecule is CCNc1nccnc1-c1ccc(OC)c(C)c1. The Balaban J connectivity index is 2.45. The Labute approximate surface area is 107 Å². The van der Waals surface area contributed by atoms with Crippen molar-refractivity contribution in [2.45, 2.75) is 13.8 Å². The minimum atomic E-state index is 0.810. The van der Waals surface area contributed by atoms with E-state index in [4.69, 9.17) is 4.74 Å². The van der Waals surface area contributed by atoms with Crippen LogP contribution in [-0.2, 0) is 0 Å². The summed E-state index contributed by atoms with van der Waals surface area (Å²) in [5.74, 6) is 1.69. The lowest BCUT2D eigenvalue weighted by molar-refractivity contribution is 0.412. The molecule has 0 saturated heterocycles. The molecular weight excluding hydrogens is 226 g/mol. The van der Waals surface area contributed by atoms with E-state index in [2.05, 4.69) is 21.4 Å². The molecule has 1 heterocycles. The van der Waals surface area contributed by atoms with Crippen molar-refractivity contribution < 1.29 is 4.74 Å². The van der Waals surface area contributed by atoms with Crippen molar-refractivity contribution in [3.8, 4) is 17.0 Å². The van der Waals surface area contributed by atoms with Crippen molar-refractivity contribution in [1.29, 1.82) is 0 Å². The fourth-order valence-corrected chi connectivity index (χ4v) is 1.87. The highest BCUT2D eigenvalue weighted by Crippen LogP contribution is 2.28. The molecule has 0 radical (unpaired) electrons. The second kappa shape index (κ2) is 5.49. The number of aryl methyl sites for hydroxylation is 1. The van der Waals surface area contributed by atoms with Crippen LogP contribution in [0.5, 0.6) is 5.75 Å². The summed E-state index contributed by atoms with van der Waals surface area (Å²) in [6, 6.07) is 6.01. The summed E-state index contributed by atoms with van der Waals surface area (Å²) in [6.45, 7) is 4.88. The number of aromatic nitrogens is 2. The highest BCUT2D eigenvalue weighted by Gasteiger charge is 2.08. The van der Waals surface area contributed by atoms with E-state index in [1.54, 1.807) is 19.5 Å². The third kappa shape index (κ3) is 2.42. The smallest absolute Gasteiger partial charge is 0.152 e. The summed E-state index contributed by atoms with van der Waals surface area (Å²) in [5, 5.41) is 3.22. The molecule has 0 aliphatic heterocycles. The first-order chi connectivity index (χ1) is 8.76. The van der Waals surface area contributed by atoms with Gasteiger partial charge in [0.25, 0.3) is 0 Å². The van der Waals surface area contributed by atoms with Gasteiger partial charge in [0.05, 0.1) is 7.11 Å². The average molecular weight is 243 g/mol. The molecule has 2 rings (SSSR count). The lowest BCUT2D eigenvalue weighted by Crippen LogP contribution is -2.02. The van der Waals surface area contributed by atoms with Crippen molar-refractivity contribution >= 4 is 5.82 Å². The molecule has 0 unspecified atom stereocenters. The van der Waals surface area contributed by atoms with Gasteiger partial charge >= 0.3 is 0 Å². The summed E-state index contributed by atoms with van der Waals surface area (Å²) in [7, 11) is 1.67. The van der Waals surface area contributed by atoms with Crippen LogP contribution < -0.4 is 10.1 Å². The second-order valence-corrected chi connectivity index (χ2v) is 3.97. The average Bonchev–Trinajstić information content (AvgIpc) is 2.40. The van der Waals surface area contributed by atoms with Crippen molar-refractivity contribution in [1.82, 2.24) is 9.97 Å². The molecule has 1 aromatic heterocycles. The molecule has 0 fully saturated rings. The number of ether oxygens (including phenoxy) is 1. The number of benzene rings is 1. The van der Waals surface area contributed by atoms with Crippen LogP contribution in [0.4, 0.5) is 5.82 Å². The third-order valence-electron chi connectivity index (χ3n) is 2.71.